The van der Waals surface area contributed by atoms with Crippen LogP contribution in [-0.4, -0.2) is 15.8 Å². The number of hydrogen-bond donors (Lipinski definition) is 1. The average molecular weight is 278 g/mol. The highest BCUT2D eigenvalue weighted by atomic mass is 35.5. The lowest BCUT2D eigenvalue weighted by Crippen LogP contribution is -2.14. The molecule has 0 aliphatic carbocycles. The maximum absolute atomic E-state index is 12.0. The Bertz CT molecular complexity index is 631. The molecule has 0 aliphatic heterocycles. The molecule has 1 aromatic carbocycles. The number of benzene rings is 1. The van der Waals surface area contributed by atoms with Gasteiger partial charge in [-0.25, -0.2) is 4.98 Å². The van der Waals surface area contributed by atoms with Crippen molar-refractivity contribution in [2.45, 2.75) is 0 Å². The largest absolute Gasteiger partial charge is 0.306 e. The lowest BCUT2D eigenvalue weighted by molar-refractivity contribution is -0.385. The van der Waals surface area contributed by atoms with Gasteiger partial charge in [-0.05, 0) is 24.3 Å². The van der Waals surface area contributed by atoms with Crippen molar-refractivity contribution in [1.29, 1.82) is 0 Å². The number of aromatic nitrogens is 1. The Morgan fingerprint density at radius 3 is 2.74 bits per heavy atom. The molecule has 96 valence electrons. The molecule has 1 amide bonds. The van der Waals surface area contributed by atoms with E-state index in [1.807, 2.05) is 0 Å². The van der Waals surface area contributed by atoms with E-state index in [1.165, 1.54) is 18.3 Å². The van der Waals surface area contributed by atoms with Gasteiger partial charge in [-0.3, -0.25) is 14.9 Å². The smallest absolute Gasteiger partial charge is 0.283 e. The first-order valence-electron chi connectivity index (χ1n) is 5.24. The molecule has 0 saturated heterocycles. The summed E-state index contributed by atoms with van der Waals surface area (Å²) in [6.07, 6.45) is 1.51. The number of pyridine rings is 1. The van der Waals surface area contributed by atoms with Crippen molar-refractivity contribution in [2.24, 2.45) is 0 Å². The molecule has 0 spiro atoms. The van der Waals surface area contributed by atoms with Crippen molar-refractivity contribution in [3.05, 3.63) is 63.3 Å². The molecule has 0 saturated carbocycles. The number of anilines is 1. The second kappa shape index (κ2) is 5.45. The number of rotatable bonds is 3. The molecule has 7 heteroatoms. The zero-order valence-electron chi connectivity index (χ0n) is 9.54. The Morgan fingerprint density at radius 1 is 1.32 bits per heavy atom. The Kier molecular flexibility index (Phi) is 3.72. The molecule has 0 radical (unpaired) electrons. The van der Waals surface area contributed by atoms with Crippen LogP contribution in [0.1, 0.15) is 10.4 Å². The number of nitro benzene ring substituents is 1. The number of carbonyl (C=O) groups excluding carboxylic acids is 1. The van der Waals surface area contributed by atoms with Crippen LogP contribution in [0.15, 0.2) is 42.6 Å². The fourth-order valence-electron chi connectivity index (χ4n) is 1.47. The number of hydrogen-bond acceptors (Lipinski definition) is 4. The van der Waals surface area contributed by atoms with E-state index in [4.69, 9.17) is 11.6 Å². The number of nitrogens with one attached hydrogen (secondary N) is 1. The lowest BCUT2D eigenvalue weighted by atomic mass is 10.1. The van der Waals surface area contributed by atoms with Crippen LogP contribution in [0, 0.1) is 10.1 Å². The van der Waals surface area contributed by atoms with Gasteiger partial charge in [0.15, 0.2) is 0 Å². The SMILES string of the molecule is O=C(Nc1ccccn1)c1ccc(Cl)cc1[N+](=O)[O-]. The summed E-state index contributed by atoms with van der Waals surface area (Å²) in [4.78, 5) is 26.1. The molecule has 1 heterocycles. The predicted molar refractivity (Wildman–Crippen MR) is 70.3 cm³/mol. The highest BCUT2D eigenvalue weighted by Crippen LogP contribution is 2.23. The topological polar surface area (TPSA) is 85.1 Å². The monoisotopic (exact) mass is 277 g/mol. The van der Waals surface area contributed by atoms with Gasteiger partial charge < -0.3 is 5.32 Å². The standard InChI is InChI=1S/C12H8ClN3O3/c13-8-4-5-9(10(7-8)16(18)19)12(17)15-11-3-1-2-6-14-11/h1-7H,(H,14,15,17). The van der Waals surface area contributed by atoms with E-state index < -0.39 is 10.8 Å². The Hall–Kier alpha value is -2.47. The second-order valence-electron chi connectivity index (χ2n) is 3.59. The molecule has 2 aromatic rings. The van der Waals surface area contributed by atoms with Crippen molar-refractivity contribution in [3.8, 4) is 0 Å². The molecule has 6 nitrogen and oxygen atoms in total. The van der Waals surface area contributed by atoms with Gasteiger partial charge in [0.05, 0.1) is 4.92 Å². The van der Waals surface area contributed by atoms with E-state index in [2.05, 4.69) is 10.3 Å². The molecule has 0 atom stereocenters. The van der Waals surface area contributed by atoms with Crippen molar-refractivity contribution >= 4 is 29.0 Å². The van der Waals surface area contributed by atoms with Gasteiger partial charge in [-0.1, -0.05) is 17.7 Å². The van der Waals surface area contributed by atoms with E-state index in [1.54, 1.807) is 18.2 Å². The molecule has 0 fully saturated rings. The third-order valence-electron chi connectivity index (χ3n) is 2.31. The Morgan fingerprint density at radius 2 is 2.11 bits per heavy atom. The average Bonchev–Trinajstić information content (AvgIpc) is 2.39. The lowest BCUT2D eigenvalue weighted by Gasteiger charge is -2.05. The molecular formula is C12H8ClN3O3. The van der Waals surface area contributed by atoms with E-state index in [0.29, 0.717) is 5.82 Å². The molecule has 2 rings (SSSR count). The van der Waals surface area contributed by atoms with Crippen LogP contribution >= 0.6 is 11.6 Å². The summed E-state index contributed by atoms with van der Waals surface area (Å²) < 4.78 is 0. The first-order valence-corrected chi connectivity index (χ1v) is 5.62. The van der Waals surface area contributed by atoms with Crippen molar-refractivity contribution < 1.29 is 9.72 Å². The zero-order chi connectivity index (χ0) is 13.8. The normalized spacial score (nSPS) is 9.95. The first-order chi connectivity index (χ1) is 9.08. The fraction of sp³-hybridized carbons (Fsp3) is 0. The maximum atomic E-state index is 12.0. The van der Waals surface area contributed by atoms with Crippen LogP contribution in [0.3, 0.4) is 0 Å². The minimum Gasteiger partial charge on any atom is -0.306 e. The van der Waals surface area contributed by atoms with Crippen molar-refractivity contribution in [2.75, 3.05) is 5.32 Å². The van der Waals surface area contributed by atoms with Gasteiger partial charge in [-0.2, -0.15) is 0 Å². The van der Waals surface area contributed by atoms with Gasteiger partial charge in [0.1, 0.15) is 11.4 Å². The van der Waals surface area contributed by atoms with Crippen LogP contribution < -0.4 is 5.32 Å². The van der Waals surface area contributed by atoms with Crippen LogP contribution in [0.25, 0.3) is 0 Å². The fourth-order valence-corrected chi connectivity index (χ4v) is 1.63. The summed E-state index contributed by atoms with van der Waals surface area (Å²) in [6, 6.07) is 8.83. The van der Waals surface area contributed by atoms with Gasteiger partial charge in [0, 0.05) is 17.3 Å². The number of nitrogens with zero attached hydrogens (tertiary/aromatic N) is 2. The van der Waals surface area contributed by atoms with E-state index >= 15 is 0 Å². The van der Waals surface area contributed by atoms with E-state index in [0.717, 1.165) is 6.07 Å². The van der Waals surface area contributed by atoms with E-state index in [-0.39, 0.29) is 16.3 Å². The molecular weight excluding hydrogens is 270 g/mol. The van der Waals surface area contributed by atoms with Crippen molar-refractivity contribution in [3.63, 3.8) is 0 Å². The summed E-state index contributed by atoms with van der Waals surface area (Å²) in [6.45, 7) is 0. The molecule has 0 unspecified atom stereocenters. The van der Waals surface area contributed by atoms with Crippen LogP contribution in [0.2, 0.25) is 5.02 Å². The summed E-state index contributed by atoms with van der Waals surface area (Å²) in [7, 11) is 0. The summed E-state index contributed by atoms with van der Waals surface area (Å²) in [5.41, 5.74) is -0.416. The molecule has 0 aliphatic rings. The van der Waals surface area contributed by atoms with Gasteiger partial charge in [-0.15, -0.1) is 0 Å². The zero-order valence-corrected chi connectivity index (χ0v) is 10.3. The van der Waals surface area contributed by atoms with Crippen LogP contribution in [-0.2, 0) is 0 Å². The summed E-state index contributed by atoms with van der Waals surface area (Å²) in [5, 5.41) is 13.6. The minimum atomic E-state index is -0.654. The van der Waals surface area contributed by atoms with Gasteiger partial charge >= 0.3 is 0 Å². The van der Waals surface area contributed by atoms with E-state index in [9.17, 15) is 14.9 Å². The first kappa shape index (κ1) is 13.0. The molecule has 1 N–H and O–H groups in total. The number of amides is 1. The highest BCUT2D eigenvalue weighted by Gasteiger charge is 2.20. The maximum Gasteiger partial charge on any atom is 0.283 e. The predicted octanol–water partition coefficient (Wildman–Crippen LogP) is 2.90. The number of nitro groups is 1. The highest BCUT2D eigenvalue weighted by molar-refractivity contribution is 6.31. The van der Waals surface area contributed by atoms with Gasteiger partial charge in [0.25, 0.3) is 11.6 Å². The van der Waals surface area contributed by atoms with Gasteiger partial charge in [0.2, 0.25) is 0 Å². The quantitative estimate of drug-likeness (QED) is 0.690. The summed E-state index contributed by atoms with van der Waals surface area (Å²) in [5.74, 6) is -0.293. The minimum absolute atomic E-state index is 0.0694. The number of halogens is 1. The Balaban J connectivity index is 2.31. The summed E-state index contributed by atoms with van der Waals surface area (Å²) >= 11 is 5.68. The molecule has 19 heavy (non-hydrogen) atoms. The number of carbonyl (C=O) groups is 1. The third kappa shape index (κ3) is 3.05. The second-order valence-corrected chi connectivity index (χ2v) is 4.02. The van der Waals surface area contributed by atoms with Crippen LogP contribution in [0.5, 0.6) is 0 Å². The van der Waals surface area contributed by atoms with Crippen molar-refractivity contribution in [1.82, 2.24) is 4.98 Å². The molecule has 0 bridgehead atoms. The Labute approximate surface area is 113 Å². The molecule has 1 aromatic heterocycles. The van der Waals surface area contributed by atoms with Crippen LogP contribution in [0.4, 0.5) is 11.5 Å². The third-order valence-corrected chi connectivity index (χ3v) is 2.54.